The van der Waals surface area contributed by atoms with Crippen LogP contribution in [0, 0.1) is 19.8 Å². The molecule has 0 aliphatic rings. The molecule has 0 spiro atoms. The van der Waals surface area contributed by atoms with Gasteiger partial charge in [-0.1, -0.05) is 13.8 Å². The number of hydrogen-bond acceptors (Lipinski definition) is 4. The summed E-state index contributed by atoms with van der Waals surface area (Å²) in [4.78, 5) is 34.3. The van der Waals surface area contributed by atoms with E-state index >= 15 is 0 Å². The third kappa shape index (κ3) is 3.31. The van der Waals surface area contributed by atoms with Gasteiger partial charge in [-0.25, -0.2) is 9.48 Å². The van der Waals surface area contributed by atoms with Gasteiger partial charge in [0.15, 0.2) is 6.04 Å². The summed E-state index contributed by atoms with van der Waals surface area (Å²) in [5.74, 6) is -0.977. The van der Waals surface area contributed by atoms with Crippen LogP contribution in [0.25, 0.3) is 0 Å². The van der Waals surface area contributed by atoms with Gasteiger partial charge in [0.25, 0.3) is 5.56 Å². The lowest BCUT2D eigenvalue weighted by Crippen LogP contribution is -2.35. The molecule has 0 saturated heterocycles. The Morgan fingerprint density at radius 1 is 1.35 bits per heavy atom. The maximum absolute atomic E-state index is 12.2. The number of nitrogens with zero attached hydrogens (tertiary/aromatic N) is 2. The van der Waals surface area contributed by atoms with Crippen molar-refractivity contribution < 1.29 is 14.7 Å². The first-order chi connectivity index (χ1) is 9.29. The zero-order chi connectivity index (χ0) is 15.4. The smallest absolute Gasteiger partial charge is 0.328 e. The van der Waals surface area contributed by atoms with E-state index in [2.05, 4.69) is 5.10 Å². The summed E-state index contributed by atoms with van der Waals surface area (Å²) in [7, 11) is 0. The van der Waals surface area contributed by atoms with Gasteiger partial charge in [-0.15, -0.1) is 0 Å². The van der Waals surface area contributed by atoms with Crippen molar-refractivity contribution in [2.24, 2.45) is 5.92 Å². The summed E-state index contributed by atoms with van der Waals surface area (Å²) in [5.41, 5.74) is 1.12. The Labute approximate surface area is 117 Å². The third-order valence-electron chi connectivity index (χ3n) is 3.30. The van der Waals surface area contributed by atoms with Crippen LogP contribution in [0.2, 0.25) is 0 Å². The highest BCUT2D eigenvalue weighted by Crippen LogP contribution is 2.17. The maximum Gasteiger partial charge on any atom is 0.328 e. The van der Waals surface area contributed by atoms with Gasteiger partial charge in [-0.05, 0) is 31.7 Å². The van der Waals surface area contributed by atoms with Crippen LogP contribution in [0.4, 0.5) is 0 Å². The first kappa shape index (κ1) is 16.1. The Morgan fingerprint density at radius 3 is 2.40 bits per heavy atom. The van der Waals surface area contributed by atoms with E-state index < -0.39 is 17.6 Å². The van der Waals surface area contributed by atoms with E-state index in [0.29, 0.717) is 29.5 Å². The summed E-state index contributed by atoms with van der Waals surface area (Å²) in [6.07, 6.45) is 1.08. The highest BCUT2D eigenvalue weighted by Gasteiger charge is 2.25. The minimum Gasteiger partial charge on any atom is -0.480 e. The molecule has 1 unspecified atom stereocenters. The monoisotopic (exact) mass is 280 g/mol. The van der Waals surface area contributed by atoms with Crippen molar-refractivity contribution in [1.82, 2.24) is 9.78 Å². The van der Waals surface area contributed by atoms with Crippen molar-refractivity contribution in [2.45, 2.75) is 46.6 Å². The standard InChI is InChI=1S/C14H20N2O4/c1-8(2)7-12(14(19)20)16-13(18)10(4)9(3)11(15-16)5-6-17/h6,8,12H,5,7H2,1-4H3,(H,19,20). The molecule has 6 nitrogen and oxygen atoms in total. The number of carboxylic acids is 1. The number of hydrogen-bond donors (Lipinski definition) is 1. The van der Waals surface area contributed by atoms with E-state index in [1.165, 1.54) is 0 Å². The van der Waals surface area contributed by atoms with Gasteiger partial charge in [0.1, 0.15) is 6.29 Å². The largest absolute Gasteiger partial charge is 0.480 e. The summed E-state index contributed by atoms with van der Waals surface area (Å²) < 4.78 is 1.00. The number of aliphatic carboxylic acids is 1. The van der Waals surface area contributed by atoms with Crippen LogP contribution in [0.15, 0.2) is 4.79 Å². The lowest BCUT2D eigenvalue weighted by atomic mass is 10.0. The molecule has 0 radical (unpaired) electrons. The fourth-order valence-corrected chi connectivity index (χ4v) is 2.03. The normalized spacial score (nSPS) is 12.4. The van der Waals surface area contributed by atoms with Crippen LogP contribution in [0.1, 0.15) is 43.1 Å². The average Bonchev–Trinajstić information content (AvgIpc) is 2.37. The van der Waals surface area contributed by atoms with E-state index in [4.69, 9.17) is 0 Å². The van der Waals surface area contributed by atoms with Gasteiger partial charge in [0.2, 0.25) is 0 Å². The molecule has 0 bridgehead atoms. The predicted molar refractivity (Wildman–Crippen MR) is 73.9 cm³/mol. The minimum absolute atomic E-state index is 0.0704. The molecule has 0 aliphatic carbocycles. The molecule has 1 heterocycles. The summed E-state index contributed by atoms with van der Waals surface area (Å²) in [6.45, 7) is 7.10. The fraction of sp³-hybridized carbons (Fsp3) is 0.571. The van der Waals surface area contributed by atoms with Gasteiger partial charge in [-0.2, -0.15) is 5.10 Å². The minimum atomic E-state index is -1.09. The second-order valence-electron chi connectivity index (χ2n) is 5.30. The Kier molecular flexibility index (Phi) is 5.19. The van der Waals surface area contributed by atoms with Crippen LogP contribution < -0.4 is 5.56 Å². The highest BCUT2D eigenvalue weighted by molar-refractivity contribution is 5.71. The van der Waals surface area contributed by atoms with E-state index in [0.717, 1.165) is 4.68 Å². The first-order valence-corrected chi connectivity index (χ1v) is 6.54. The first-order valence-electron chi connectivity index (χ1n) is 6.54. The maximum atomic E-state index is 12.2. The second kappa shape index (κ2) is 6.45. The second-order valence-corrected chi connectivity index (χ2v) is 5.30. The van der Waals surface area contributed by atoms with Crippen LogP contribution in [0.5, 0.6) is 0 Å². The lowest BCUT2D eigenvalue weighted by molar-refractivity contribution is -0.141. The van der Waals surface area contributed by atoms with Crippen molar-refractivity contribution >= 4 is 12.3 Å². The van der Waals surface area contributed by atoms with Gasteiger partial charge in [0, 0.05) is 12.0 Å². The molecular weight excluding hydrogens is 260 g/mol. The topological polar surface area (TPSA) is 89.3 Å². The van der Waals surface area contributed by atoms with Crippen LogP contribution >= 0.6 is 0 Å². The molecule has 0 aliphatic heterocycles. The molecule has 6 heteroatoms. The molecule has 110 valence electrons. The summed E-state index contributed by atoms with van der Waals surface area (Å²) in [5, 5.41) is 13.4. The van der Waals surface area contributed by atoms with Gasteiger partial charge < -0.3 is 9.90 Å². The molecule has 1 aromatic heterocycles. The van der Waals surface area contributed by atoms with Crippen LogP contribution in [0.3, 0.4) is 0 Å². The van der Waals surface area contributed by atoms with E-state index in [1.807, 2.05) is 13.8 Å². The molecule has 1 atom stereocenters. The number of carbonyl (C=O) groups excluding carboxylic acids is 1. The Hall–Kier alpha value is -1.98. The van der Waals surface area contributed by atoms with E-state index in [9.17, 15) is 19.5 Å². The molecule has 0 saturated carbocycles. The zero-order valence-electron chi connectivity index (χ0n) is 12.2. The SMILES string of the molecule is Cc1c(CC=O)nn(C(CC(C)C)C(=O)O)c(=O)c1C. The average molecular weight is 280 g/mol. The number of aldehydes is 1. The number of carbonyl (C=O) groups is 2. The van der Waals surface area contributed by atoms with Crippen molar-refractivity contribution in [2.75, 3.05) is 0 Å². The fourth-order valence-electron chi connectivity index (χ4n) is 2.03. The van der Waals surface area contributed by atoms with E-state index in [-0.39, 0.29) is 12.3 Å². The Balaban J connectivity index is 3.45. The molecule has 20 heavy (non-hydrogen) atoms. The zero-order valence-corrected chi connectivity index (χ0v) is 12.2. The van der Waals surface area contributed by atoms with E-state index in [1.54, 1.807) is 13.8 Å². The molecule has 0 aromatic carbocycles. The van der Waals surface area contributed by atoms with Crippen molar-refractivity contribution in [1.29, 1.82) is 0 Å². The quantitative estimate of drug-likeness (QED) is 0.793. The molecule has 0 amide bonds. The van der Waals surface area contributed by atoms with Crippen molar-refractivity contribution in [3.63, 3.8) is 0 Å². The van der Waals surface area contributed by atoms with Crippen molar-refractivity contribution in [3.05, 3.63) is 27.2 Å². The third-order valence-corrected chi connectivity index (χ3v) is 3.30. The molecule has 1 aromatic rings. The summed E-state index contributed by atoms with van der Waals surface area (Å²) in [6, 6.07) is -1.01. The number of rotatable bonds is 6. The van der Waals surface area contributed by atoms with Gasteiger partial charge >= 0.3 is 5.97 Å². The van der Waals surface area contributed by atoms with Crippen LogP contribution in [-0.2, 0) is 16.0 Å². The van der Waals surface area contributed by atoms with Crippen LogP contribution in [-0.4, -0.2) is 27.1 Å². The molecule has 0 fully saturated rings. The Bertz CT molecular complexity index is 575. The molecule has 1 rings (SSSR count). The summed E-state index contributed by atoms with van der Waals surface area (Å²) >= 11 is 0. The lowest BCUT2D eigenvalue weighted by Gasteiger charge is -2.19. The predicted octanol–water partition coefficient (Wildman–Crippen LogP) is 1.27. The molecule has 1 N–H and O–H groups in total. The highest BCUT2D eigenvalue weighted by atomic mass is 16.4. The number of aromatic nitrogens is 2. The van der Waals surface area contributed by atoms with Gasteiger partial charge in [0.05, 0.1) is 5.69 Å². The number of carboxylic acid groups (broad SMARTS) is 1. The van der Waals surface area contributed by atoms with Gasteiger partial charge in [-0.3, -0.25) is 4.79 Å². The van der Waals surface area contributed by atoms with Crippen molar-refractivity contribution in [3.8, 4) is 0 Å². The Morgan fingerprint density at radius 2 is 1.95 bits per heavy atom. The molecular formula is C14H20N2O4.